The van der Waals surface area contributed by atoms with Crippen LogP contribution in [-0.4, -0.2) is 98.6 Å². The lowest BCUT2D eigenvalue weighted by Gasteiger charge is -2.29. The predicted octanol–water partition coefficient (Wildman–Crippen LogP) is 5.88. The summed E-state index contributed by atoms with van der Waals surface area (Å²) in [7, 11) is 2.54. The SMILES string of the molecule is CCCN(Cc1ncc(-c2ccc(-c3ccc4nc(-c5cnc([C@@H]6CCCN6C(=O)C(NC(=O)OC)C(C)C)[nH]5)sc4c3)cc2)[nH]1)C(=O)CNC(=O)OC. The lowest BCUT2D eigenvalue weighted by atomic mass is 10.0. The number of carbonyl (C=O) groups is 4. The van der Waals surface area contributed by atoms with Gasteiger partial charge in [-0.2, -0.15) is 0 Å². The Morgan fingerprint density at radius 2 is 1.69 bits per heavy atom. The molecule has 4 N–H and O–H groups in total. The van der Waals surface area contributed by atoms with Crippen LogP contribution in [0.1, 0.15) is 57.7 Å². The summed E-state index contributed by atoms with van der Waals surface area (Å²) in [6.07, 6.45) is 4.60. The van der Waals surface area contributed by atoms with E-state index in [9.17, 15) is 19.2 Å². The van der Waals surface area contributed by atoms with E-state index in [0.717, 1.165) is 62.6 Å². The standard InChI is InChI=1S/C38H45N9O6S/c1-6-15-46(32(48)20-41-37(50)52-4)21-31-39-18-27(42-31)24-11-9-23(10-12-24)25-13-14-26-30(17-25)54-35(44-26)28-19-40-34(43-28)29-8-7-16-47(29)36(49)33(22(2)3)45-38(51)53-5/h9-14,17-19,22,29,33H,6-8,15-16,20-21H2,1-5H3,(H,39,42)(H,40,43)(H,41,50)(H,45,51)/t29-,33?/m0/s1. The maximum absolute atomic E-state index is 13.5. The number of H-pyrrole nitrogens is 2. The largest absolute Gasteiger partial charge is 0.453 e. The molecule has 1 unspecified atom stereocenters. The Labute approximate surface area is 316 Å². The summed E-state index contributed by atoms with van der Waals surface area (Å²) < 4.78 is 10.3. The van der Waals surface area contributed by atoms with Crippen LogP contribution in [0.25, 0.3) is 43.3 Å². The average molecular weight is 756 g/mol. The fourth-order valence-electron chi connectivity index (χ4n) is 6.53. The number of imidazole rings is 2. The van der Waals surface area contributed by atoms with Gasteiger partial charge < -0.3 is 39.9 Å². The van der Waals surface area contributed by atoms with Gasteiger partial charge in [-0.15, -0.1) is 11.3 Å². The number of nitrogens with one attached hydrogen (secondary N) is 4. The van der Waals surface area contributed by atoms with Gasteiger partial charge in [-0.05, 0) is 54.0 Å². The Balaban J connectivity index is 1.12. The highest BCUT2D eigenvalue weighted by atomic mass is 32.1. The van der Waals surface area contributed by atoms with Gasteiger partial charge in [-0.3, -0.25) is 9.59 Å². The van der Waals surface area contributed by atoms with Gasteiger partial charge in [0, 0.05) is 13.1 Å². The van der Waals surface area contributed by atoms with E-state index in [1.54, 1.807) is 33.5 Å². The number of hydrogen-bond donors (Lipinski definition) is 4. The average Bonchev–Trinajstić information content (AvgIpc) is 4.01. The van der Waals surface area contributed by atoms with Crippen molar-refractivity contribution < 1.29 is 28.7 Å². The number of carbonyl (C=O) groups excluding carboxylic acids is 4. The molecule has 5 aromatic rings. The third-order valence-corrected chi connectivity index (χ3v) is 10.4. The van der Waals surface area contributed by atoms with Gasteiger partial charge in [0.25, 0.3) is 0 Å². The van der Waals surface area contributed by atoms with Crippen LogP contribution in [0.15, 0.2) is 54.9 Å². The molecule has 4 amide bonds. The summed E-state index contributed by atoms with van der Waals surface area (Å²) in [4.78, 5) is 73.8. The molecule has 1 aliphatic heterocycles. The van der Waals surface area contributed by atoms with Gasteiger partial charge in [0.05, 0.1) is 60.8 Å². The normalized spacial score (nSPS) is 14.6. The van der Waals surface area contributed by atoms with E-state index in [1.165, 1.54) is 14.2 Å². The fourth-order valence-corrected chi connectivity index (χ4v) is 7.50. The van der Waals surface area contributed by atoms with Crippen molar-refractivity contribution in [2.75, 3.05) is 33.9 Å². The summed E-state index contributed by atoms with van der Waals surface area (Å²) >= 11 is 1.57. The van der Waals surface area contributed by atoms with E-state index in [1.807, 2.05) is 39.0 Å². The fraction of sp³-hybridized carbons (Fsp3) is 0.395. The maximum atomic E-state index is 13.5. The summed E-state index contributed by atoms with van der Waals surface area (Å²) in [5.74, 6) is 0.852. The molecule has 6 rings (SSSR count). The van der Waals surface area contributed by atoms with Gasteiger partial charge in [-0.1, -0.05) is 51.1 Å². The third-order valence-electron chi connectivity index (χ3n) is 9.37. The van der Waals surface area contributed by atoms with Gasteiger partial charge in [0.15, 0.2) is 0 Å². The first-order valence-corrected chi connectivity index (χ1v) is 18.7. The van der Waals surface area contributed by atoms with Crippen LogP contribution in [0.2, 0.25) is 0 Å². The lowest BCUT2D eigenvalue weighted by Crippen LogP contribution is -2.51. The number of thiazole rings is 1. The van der Waals surface area contributed by atoms with Crippen molar-refractivity contribution in [1.82, 2.24) is 45.4 Å². The summed E-state index contributed by atoms with van der Waals surface area (Å²) in [5, 5.41) is 5.93. The topological polar surface area (TPSA) is 188 Å². The zero-order chi connectivity index (χ0) is 38.4. The molecule has 0 saturated carbocycles. The number of fused-ring (bicyclic) bond motifs is 1. The Bertz CT molecular complexity index is 2110. The first kappa shape index (κ1) is 38.0. The van der Waals surface area contributed by atoms with Gasteiger partial charge >= 0.3 is 12.2 Å². The molecule has 2 aromatic carbocycles. The molecule has 2 atom stereocenters. The second-order valence-corrected chi connectivity index (χ2v) is 14.4. The van der Waals surface area contributed by atoms with Crippen LogP contribution in [0, 0.1) is 5.92 Å². The molecule has 1 aliphatic rings. The van der Waals surface area contributed by atoms with Gasteiger partial charge in [0.1, 0.15) is 29.2 Å². The number of likely N-dealkylation sites (tertiary alicyclic amines) is 1. The number of aromatic nitrogens is 5. The zero-order valence-corrected chi connectivity index (χ0v) is 31.8. The Hall–Kier alpha value is -5.77. The van der Waals surface area contributed by atoms with Crippen LogP contribution >= 0.6 is 11.3 Å². The quantitative estimate of drug-likeness (QED) is 0.114. The van der Waals surface area contributed by atoms with Crippen molar-refractivity contribution in [1.29, 1.82) is 0 Å². The minimum absolute atomic E-state index is 0.114. The number of methoxy groups -OCH3 is 2. The molecule has 3 aromatic heterocycles. The predicted molar refractivity (Wildman–Crippen MR) is 204 cm³/mol. The number of aromatic amines is 2. The molecular weight excluding hydrogens is 711 g/mol. The molecule has 0 spiro atoms. The second-order valence-electron chi connectivity index (χ2n) is 13.4. The van der Waals surface area contributed by atoms with Crippen LogP contribution in [0.5, 0.6) is 0 Å². The Morgan fingerprint density at radius 3 is 2.41 bits per heavy atom. The van der Waals surface area contributed by atoms with Crippen LogP contribution in [-0.2, 0) is 25.6 Å². The monoisotopic (exact) mass is 755 g/mol. The highest BCUT2D eigenvalue weighted by molar-refractivity contribution is 7.21. The summed E-state index contributed by atoms with van der Waals surface area (Å²) in [5.41, 5.74) is 5.54. The van der Waals surface area contributed by atoms with Crippen molar-refractivity contribution >= 4 is 45.6 Å². The lowest BCUT2D eigenvalue weighted by molar-refractivity contribution is -0.135. The minimum Gasteiger partial charge on any atom is -0.453 e. The molecule has 0 bridgehead atoms. The number of hydrogen-bond acceptors (Lipinski definition) is 10. The second kappa shape index (κ2) is 16.9. The maximum Gasteiger partial charge on any atom is 0.407 e. The van der Waals surface area contributed by atoms with Crippen LogP contribution in [0.4, 0.5) is 9.59 Å². The Morgan fingerprint density at radius 1 is 0.963 bits per heavy atom. The number of amides is 4. The van der Waals surface area contributed by atoms with E-state index >= 15 is 0 Å². The first-order chi connectivity index (χ1) is 26.1. The zero-order valence-electron chi connectivity index (χ0n) is 31.0. The summed E-state index contributed by atoms with van der Waals surface area (Å²) in [6.45, 7) is 7.02. The molecule has 54 heavy (non-hydrogen) atoms. The first-order valence-electron chi connectivity index (χ1n) is 17.9. The van der Waals surface area contributed by atoms with Crippen molar-refractivity contribution in [3.8, 4) is 33.1 Å². The molecule has 1 fully saturated rings. The van der Waals surface area contributed by atoms with Crippen LogP contribution in [0.3, 0.4) is 0 Å². The van der Waals surface area contributed by atoms with E-state index in [4.69, 9.17) is 9.72 Å². The summed E-state index contributed by atoms with van der Waals surface area (Å²) in [6, 6.07) is 13.4. The van der Waals surface area contributed by atoms with E-state index in [2.05, 4.69) is 59.6 Å². The third kappa shape index (κ3) is 8.54. The van der Waals surface area contributed by atoms with E-state index < -0.39 is 18.2 Å². The smallest absolute Gasteiger partial charge is 0.407 e. The molecule has 1 saturated heterocycles. The molecule has 0 radical (unpaired) electrons. The molecule has 15 nitrogen and oxygen atoms in total. The molecule has 16 heteroatoms. The van der Waals surface area contributed by atoms with Crippen molar-refractivity contribution in [3.05, 3.63) is 66.5 Å². The Kier molecular flexibility index (Phi) is 11.9. The van der Waals surface area contributed by atoms with E-state index in [0.29, 0.717) is 24.7 Å². The molecule has 284 valence electrons. The molecule has 0 aliphatic carbocycles. The highest BCUT2D eigenvalue weighted by Crippen LogP contribution is 2.36. The van der Waals surface area contributed by atoms with Crippen molar-refractivity contribution in [2.24, 2.45) is 5.92 Å². The number of rotatable bonds is 13. The van der Waals surface area contributed by atoms with E-state index in [-0.39, 0.29) is 36.9 Å². The number of nitrogens with zero attached hydrogens (tertiary/aromatic N) is 5. The van der Waals surface area contributed by atoms with Crippen LogP contribution < -0.4 is 10.6 Å². The number of benzene rings is 2. The molecule has 4 heterocycles. The van der Waals surface area contributed by atoms with Gasteiger partial charge in [0.2, 0.25) is 11.8 Å². The molecular formula is C38H45N9O6S. The number of alkyl carbamates (subject to hydrolysis) is 2. The minimum atomic E-state index is -0.698. The highest BCUT2D eigenvalue weighted by Gasteiger charge is 2.37. The van der Waals surface area contributed by atoms with Crippen molar-refractivity contribution in [2.45, 2.75) is 58.7 Å². The van der Waals surface area contributed by atoms with Gasteiger partial charge in [-0.25, -0.2) is 24.5 Å². The number of ether oxygens (including phenoxy) is 2. The van der Waals surface area contributed by atoms with Crippen molar-refractivity contribution in [3.63, 3.8) is 0 Å².